The van der Waals surface area contributed by atoms with Gasteiger partial charge in [-0.1, -0.05) is 13.3 Å². The SMILES string of the molecule is CCCCOCCNC(=O)CN1CCN(CC(=O)O)CCN(CC(=O)O)CCN(CC(=O)O)CC1. The normalized spacial score (nSPS) is 17.9. The maximum Gasteiger partial charge on any atom is 0.317 e. The summed E-state index contributed by atoms with van der Waals surface area (Å²) in [6, 6.07) is 0. The van der Waals surface area contributed by atoms with Crippen LogP contribution in [0, 0.1) is 0 Å². The summed E-state index contributed by atoms with van der Waals surface area (Å²) in [6.07, 6.45) is 2.01. The van der Waals surface area contributed by atoms with Gasteiger partial charge in [-0.05, 0) is 6.42 Å². The summed E-state index contributed by atoms with van der Waals surface area (Å²) in [4.78, 5) is 53.3. The largest absolute Gasteiger partial charge is 0.480 e. The molecule has 13 heteroatoms. The van der Waals surface area contributed by atoms with Gasteiger partial charge >= 0.3 is 17.9 Å². The van der Waals surface area contributed by atoms with Crippen LogP contribution in [0.2, 0.25) is 0 Å². The predicted octanol–water partition coefficient (Wildman–Crippen LogP) is -1.61. The van der Waals surface area contributed by atoms with Gasteiger partial charge in [-0.2, -0.15) is 0 Å². The second-order valence-electron chi connectivity index (χ2n) is 8.60. The fourth-order valence-corrected chi connectivity index (χ4v) is 3.65. The molecule has 0 saturated carbocycles. The summed E-state index contributed by atoms with van der Waals surface area (Å²) in [6.45, 7) is 5.97. The average molecular weight is 504 g/mol. The summed E-state index contributed by atoms with van der Waals surface area (Å²) < 4.78 is 5.45. The van der Waals surface area contributed by atoms with E-state index in [1.54, 1.807) is 14.7 Å². The minimum Gasteiger partial charge on any atom is -0.480 e. The predicted molar refractivity (Wildman–Crippen MR) is 127 cm³/mol. The third-order valence-electron chi connectivity index (χ3n) is 5.58. The standard InChI is InChI=1S/C22H41N5O8/c1-2-3-13-35-14-4-23-19(28)15-24-5-7-25(16-20(29)30)9-11-27(18-22(33)34)12-10-26(8-6-24)17-21(31)32/h2-18H2,1H3,(H,23,28)(H,29,30)(H,31,32)(H,33,34). The van der Waals surface area contributed by atoms with Crippen LogP contribution < -0.4 is 5.32 Å². The van der Waals surface area contributed by atoms with Crippen LogP contribution in [0.15, 0.2) is 0 Å². The van der Waals surface area contributed by atoms with E-state index in [1.807, 2.05) is 4.90 Å². The van der Waals surface area contributed by atoms with Crippen molar-refractivity contribution in [3.05, 3.63) is 0 Å². The van der Waals surface area contributed by atoms with Crippen LogP contribution in [0.5, 0.6) is 0 Å². The molecule has 35 heavy (non-hydrogen) atoms. The third-order valence-corrected chi connectivity index (χ3v) is 5.58. The smallest absolute Gasteiger partial charge is 0.317 e. The highest BCUT2D eigenvalue weighted by molar-refractivity contribution is 5.78. The molecule has 1 aliphatic heterocycles. The number of hydrogen-bond acceptors (Lipinski definition) is 9. The Hall–Kier alpha value is -2.32. The van der Waals surface area contributed by atoms with Crippen LogP contribution in [0.4, 0.5) is 0 Å². The number of ether oxygens (including phenoxy) is 1. The van der Waals surface area contributed by atoms with Crippen LogP contribution in [0.3, 0.4) is 0 Å². The van der Waals surface area contributed by atoms with E-state index >= 15 is 0 Å². The zero-order chi connectivity index (χ0) is 26.1. The van der Waals surface area contributed by atoms with Crippen LogP contribution in [-0.4, -0.2) is 157 Å². The van der Waals surface area contributed by atoms with Crippen molar-refractivity contribution in [3.8, 4) is 0 Å². The Labute approximate surface area is 206 Å². The number of hydrogen-bond donors (Lipinski definition) is 4. The molecule has 1 fully saturated rings. The Bertz CT molecular complexity index is 634. The Kier molecular flexibility index (Phi) is 15.8. The first-order valence-corrected chi connectivity index (χ1v) is 12.1. The highest BCUT2D eigenvalue weighted by Crippen LogP contribution is 2.01. The maximum atomic E-state index is 12.5. The van der Waals surface area contributed by atoms with Gasteiger partial charge in [-0.25, -0.2) is 0 Å². The van der Waals surface area contributed by atoms with Crippen molar-refractivity contribution >= 4 is 23.8 Å². The molecule has 0 radical (unpaired) electrons. The summed E-state index contributed by atoms with van der Waals surface area (Å²) >= 11 is 0. The van der Waals surface area contributed by atoms with Gasteiger partial charge in [0.25, 0.3) is 0 Å². The van der Waals surface area contributed by atoms with Crippen molar-refractivity contribution < 1.29 is 39.2 Å². The fraction of sp³-hybridized carbons (Fsp3) is 0.818. The van der Waals surface area contributed by atoms with E-state index < -0.39 is 17.9 Å². The topological polar surface area (TPSA) is 163 Å². The average Bonchev–Trinajstić information content (AvgIpc) is 2.77. The molecule has 0 aromatic carbocycles. The van der Waals surface area contributed by atoms with E-state index in [0.717, 1.165) is 12.8 Å². The van der Waals surface area contributed by atoms with Gasteiger partial charge in [-0.15, -0.1) is 0 Å². The third kappa shape index (κ3) is 16.1. The minimum atomic E-state index is -1.00. The first-order valence-electron chi connectivity index (χ1n) is 12.1. The number of carboxylic acids is 3. The molecular weight excluding hydrogens is 462 g/mol. The highest BCUT2D eigenvalue weighted by Gasteiger charge is 2.21. The number of carbonyl (C=O) groups excluding carboxylic acids is 1. The number of rotatable bonds is 14. The highest BCUT2D eigenvalue weighted by atomic mass is 16.5. The molecule has 0 unspecified atom stereocenters. The van der Waals surface area contributed by atoms with E-state index in [-0.39, 0.29) is 32.1 Å². The Morgan fingerprint density at radius 2 is 1.03 bits per heavy atom. The quantitative estimate of drug-likeness (QED) is 0.201. The molecule has 0 bridgehead atoms. The number of unbranched alkanes of at least 4 members (excludes halogenated alkanes) is 1. The van der Waals surface area contributed by atoms with Crippen molar-refractivity contribution in [1.29, 1.82) is 0 Å². The zero-order valence-electron chi connectivity index (χ0n) is 20.7. The number of aliphatic carboxylic acids is 3. The lowest BCUT2D eigenvalue weighted by molar-refractivity contribution is -0.140. The second-order valence-corrected chi connectivity index (χ2v) is 8.60. The lowest BCUT2D eigenvalue weighted by Crippen LogP contribution is -2.50. The number of nitrogens with zero attached hydrogens (tertiary/aromatic N) is 4. The Morgan fingerprint density at radius 1 is 0.657 bits per heavy atom. The molecule has 0 atom stereocenters. The van der Waals surface area contributed by atoms with Crippen LogP contribution >= 0.6 is 0 Å². The monoisotopic (exact) mass is 503 g/mol. The summed E-state index contributed by atoms with van der Waals surface area (Å²) in [5, 5.41) is 30.6. The summed E-state index contributed by atoms with van der Waals surface area (Å²) in [5.41, 5.74) is 0. The summed E-state index contributed by atoms with van der Waals surface area (Å²) in [7, 11) is 0. The van der Waals surface area contributed by atoms with Gasteiger partial charge in [0.2, 0.25) is 5.91 Å². The fourth-order valence-electron chi connectivity index (χ4n) is 3.65. The van der Waals surface area contributed by atoms with Crippen LogP contribution in [0.1, 0.15) is 19.8 Å². The van der Waals surface area contributed by atoms with Gasteiger partial charge in [0, 0.05) is 65.5 Å². The second kappa shape index (κ2) is 18.0. The van der Waals surface area contributed by atoms with Crippen LogP contribution in [0.25, 0.3) is 0 Å². The van der Waals surface area contributed by atoms with Crippen molar-refractivity contribution in [2.45, 2.75) is 19.8 Å². The van der Waals surface area contributed by atoms with E-state index in [2.05, 4.69) is 12.2 Å². The first-order chi connectivity index (χ1) is 16.7. The minimum absolute atomic E-state index is 0.0991. The van der Waals surface area contributed by atoms with E-state index in [0.29, 0.717) is 72.1 Å². The summed E-state index contributed by atoms with van der Waals surface area (Å²) in [5.74, 6) is -3.15. The van der Waals surface area contributed by atoms with E-state index in [4.69, 9.17) is 4.74 Å². The molecule has 1 saturated heterocycles. The lowest BCUT2D eigenvalue weighted by Gasteiger charge is -2.32. The molecule has 13 nitrogen and oxygen atoms in total. The van der Waals surface area contributed by atoms with Crippen molar-refractivity contribution in [2.24, 2.45) is 0 Å². The molecule has 1 aliphatic rings. The van der Waals surface area contributed by atoms with Gasteiger partial charge in [0.05, 0.1) is 32.8 Å². The maximum absolute atomic E-state index is 12.5. The molecule has 0 aromatic rings. The molecule has 202 valence electrons. The Balaban J connectivity index is 2.79. The van der Waals surface area contributed by atoms with Gasteiger partial charge < -0.3 is 25.4 Å². The van der Waals surface area contributed by atoms with Crippen LogP contribution in [-0.2, 0) is 23.9 Å². The Morgan fingerprint density at radius 3 is 1.37 bits per heavy atom. The molecule has 0 aromatic heterocycles. The molecule has 1 amide bonds. The molecule has 0 spiro atoms. The molecule has 1 rings (SSSR count). The zero-order valence-corrected chi connectivity index (χ0v) is 20.7. The number of nitrogens with one attached hydrogen (secondary N) is 1. The number of carbonyl (C=O) groups is 4. The van der Waals surface area contributed by atoms with E-state index in [1.165, 1.54) is 0 Å². The molecule has 1 heterocycles. The molecule has 0 aliphatic carbocycles. The number of amides is 1. The first kappa shape index (κ1) is 30.7. The van der Waals surface area contributed by atoms with Gasteiger partial charge in [0.15, 0.2) is 0 Å². The van der Waals surface area contributed by atoms with Gasteiger partial charge in [0.1, 0.15) is 0 Å². The number of carboxylic acid groups (broad SMARTS) is 3. The van der Waals surface area contributed by atoms with E-state index in [9.17, 15) is 34.5 Å². The van der Waals surface area contributed by atoms with Crippen molar-refractivity contribution in [3.63, 3.8) is 0 Å². The molecule has 4 N–H and O–H groups in total. The van der Waals surface area contributed by atoms with Gasteiger partial charge in [-0.3, -0.25) is 38.8 Å². The van der Waals surface area contributed by atoms with Crippen molar-refractivity contribution in [2.75, 3.05) is 98.3 Å². The molecular formula is C22H41N5O8. The van der Waals surface area contributed by atoms with Crippen molar-refractivity contribution in [1.82, 2.24) is 24.9 Å². The lowest BCUT2D eigenvalue weighted by atomic mass is 10.3.